The van der Waals surface area contributed by atoms with Gasteiger partial charge in [0.1, 0.15) is 0 Å². The van der Waals surface area contributed by atoms with Gasteiger partial charge in [0.25, 0.3) is 11.6 Å². The van der Waals surface area contributed by atoms with Crippen molar-refractivity contribution in [2.24, 2.45) is 0 Å². The highest BCUT2D eigenvalue weighted by Crippen LogP contribution is 2.30. The summed E-state index contributed by atoms with van der Waals surface area (Å²) in [5.74, 6) is -2.86. The Morgan fingerprint density at radius 2 is 1.88 bits per heavy atom. The van der Waals surface area contributed by atoms with Gasteiger partial charge in [-0.15, -0.1) is 0 Å². The first kappa shape index (κ1) is 21.2. The molecule has 0 radical (unpaired) electrons. The molecule has 0 spiro atoms. The van der Waals surface area contributed by atoms with Crippen LogP contribution in [0.1, 0.15) is 17.3 Å². The van der Waals surface area contributed by atoms with Gasteiger partial charge in [0.2, 0.25) is 0 Å². The average Bonchev–Trinajstić information content (AvgIpc) is 2.53. The maximum absolute atomic E-state index is 13.7. The Labute approximate surface area is 147 Å². The first-order valence-electron chi connectivity index (χ1n) is 7.24. The predicted octanol–water partition coefficient (Wildman–Crippen LogP) is 2.13. The molecule has 0 fully saturated rings. The summed E-state index contributed by atoms with van der Waals surface area (Å²) in [6.45, 7) is 0.561. The minimum atomic E-state index is -5.18. The third-order valence-corrected chi connectivity index (χ3v) is 3.45. The molecule has 0 saturated carbocycles. The van der Waals surface area contributed by atoms with Gasteiger partial charge in [0, 0.05) is 13.7 Å². The molecule has 0 heterocycles. The quantitative estimate of drug-likeness (QED) is 0.409. The lowest BCUT2D eigenvalue weighted by Gasteiger charge is -2.34. The maximum atomic E-state index is 13.7. The Morgan fingerprint density at radius 3 is 2.40 bits per heavy atom. The van der Waals surface area contributed by atoms with E-state index >= 15 is 0 Å². The predicted molar refractivity (Wildman–Crippen MR) is 84.2 cm³/mol. The summed E-state index contributed by atoms with van der Waals surface area (Å²) in [6.07, 6.45) is -5.18. The number of alkyl halides is 3. The molecule has 1 aromatic carbocycles. The van der Waals surface area contributed by atoms with Crippen molar-refractivity contribution < 1.29 is 32.2 Å². The number of amides is 1. The highest BCUT2D eigenvalue weighted by molar-refractivity contribution is 6.33. The fourth-order valence-corrected chi connectivity index (χ4v) is 2.14. The fourth-order valence-electron chi connectivity index (χ4n) is 1.92. The van der Waals surface area contributed by atoms with Crippen molar-refractivity contribution in [3.05, 3.63) is 34.9 Å². The van der Waals surface area contributed by atoms with E-state index in [1.54, 1.807) is 5.32 Å². The van der Waals surface area contributed by atoms with Crippen LogP contribution in [0.2, 0.25) is 5.02 Å². The number of esters is 1. The van der Waals surface area contributed by atoms with Gasteiger partial charge in [-0.05, 0) is 19.1 Å². The van der Waals surface area contributed by atoms with Gasteiger partial charge in [-0.3, -0.25) is 10.1 Å². The summed E-state index contributed by atoms with van der Waals surface area (Å²) >= 11 is 5.83. The van der Waals surface area contributed by atoms with Gasteiger partial charge in [0.15, 0.2) is 0 Å². The molecule has 1 atom stereocenters. The molecule has 0 unspecified atom stereocenters. The van der Waals surface area contributed by atoms with E-state index in [1.165, 1.54) is 38.3 Å². The second kappa shape index (κ2) is 9.02. The topological polar surface area (TPSA) is 76.7 Å². The Kier molecular flexibility index (Phi) is 7.65. The molecule has 1 aromatic rings. The summed E-state index contributed by atoms with van der Waals surface area (Å²) in [6, 6.07) is 5.52. The Balaban J connectivity index is 3.25. The summed E-state index contributed by atoms with van der Waals surface area (Å²) in [4.78, 5) is 24.4. The lowest BCUT2D eigenvalue weighted by atomic mass is 10.1. The van der Waals surface area contributed by atoms with Crippen LogP contribution in [0, 0.1) is 0 Å². The average molecular weight is 383 g/mol. The van der Waals surface area contributed by atoms with E-state index < -0.39 is 23.7 Å². The van der Waals surface area contributed by atoms with Gasteiger partial charge in [-0.1, -0.05) is 23.7 Å². The van der Waals surface area contributed by atoms with Gasteiger partial charge >= 0.3 is 12.1 Å². The Bertz CT molecular complexity index is 613. The zero-order valence-corrected chi connectivity index (χ0v) is 14.3. The highest BCUT2D eigenvalue weighted by Gasteiger charge is 2.63. The number of hydrogen-bond donors (Lipinski definition) is 2. The first-order chi connectivity index (χ1) is 11.7. The molecule has 0 aliphatic carbocycles. The van der Waals surface area contributed by atoms with E-state index in [4.69, 9.17) is 11.6 Å². The molecule has 25 heavy (non-hydrogen) atoms. The Morgan fingerprint density at radius 1 is 1.24 bits per heavy atom. The van der Waals surface area contributed by atoms with E-state index in [0.717, 1.165) is 0 Å². The smallest absolute Gasteiger partial charge is 0.436 e. The van der Waals surface area contributed by atoms with Crippen LogP contribution in [0.3, 0.4) is 0 Å². The van der Waals surface area contributed by atoms with Crippen molar-refractivity contribution in [1.82, 2.24) is 10.6 Å². The van der Waals surface area contributed by atoms with Crippen LogP contribution in [0.25, 0.3) is 0 Å². The Hall–Kier alpha value is -1.84. The van der Waals surface area contributed by atoms with Crippen molar-refractivity contribution in [2.75, 3.05) is 26.9 Å². The van der Waals surface area contributed by atoms with Crippen LogP contribution < -0.4 is 10.6 Å². The van der Waals surface area contributed by atoms with Gasteiger partial charge < -0.3 is 14.8 Å². The normalized spacial score (nSPS) is 13.8. The lowest BCUT2D eigenvalue weighted by molar-refractivity contribution is -0.218. The molecule has 2 N–H and O–H groups in total. The molecule has 10 heteroatoms. The van der Waals surface area contributed by atoms with E-state index in [1.807, 2.05) is 5.32 Å². The third-order valence-electron chi connectivity index (χ3n) is 3.12. The van der Waals surface area contributed by atoms with Crippen LogP contribution in [0.4, 0.5) is 13.2 Å². The van der Waals surface area contributed by atoms with Crippen LogP contribution >= 0.6 is 11.6 Å². The number of benzene rings is 1. The summed E-state index contributed by atoms with van der Waals surface area (Å²) < 4.78 is 50.3. The number of ether oxygens (including phenoxy) is 2. The summed E-state index contributed by atoms with van der Waals surface area (Å²) in [7, 11) is 1.28. The van der Waals surface area contributed by atoms with Gasteiger partial charge in [0.05, 0.1) is 23.8 Å². The number of nitrogens with one attached hydrogen (secondary N) is 2. The molecular weight excluding hydrogens is 365 g/mol. The van der Waals surface area contributed by atoms with Crippen LogP contribution in [-0.2, 0) is 14.3 Å². The number of halogens is 4. The van der Waals surface area contributed by atoms with E-state index in [9.17, 15) is 22.8 Å². The zero-order chi connectivity index (χ0) is 19.1. The van der Waals surface area contributed by atoms with Crippen LogP contribution in [-0.4, -0.2) is 50.6 Å². The first-order valence-corrected chi connectivity index (χ1v) is 7.62. The minimum Gasteiger partial charge on any atom is -0.463 e. The molecule has 1 amide bonds. The van der Waals surface area contributed by atoms with E-state index in [0.29, 0.717) is 0 Å². The van der Waals surface area contributed by atoms with Gasteiger partial charge in [-0.25, -0.2) is 4.79 Å². The van der Waals surface area contributed by atoms with Crippen molar-refractivity contribution in [3.63, 3.8) is 0 Å². The second-order valence-corrected chi connectivity index (χ2v) is 5.23. The van der Waals surface area contributed by atoms with Crippen molar-refractivity contribution in [2.45, 2.75) is 18.8 Å². The standard InChI is InChI=1S/C15H18ClF3N2O4/c1-3-25-13(23)14(15(17,18)19,20-8-9-24-2)21-12(22)10-6-4-5-7-11(10)16/h4-7,20H,3,8-9H2,1-2H3,(H,21,22)/t14-/m0/s1. The van der Waals surface area contributed by atoms with Crippen molar-refractivity contribution in [1.29, 1.82) is 0 Å². The number of carbonyl (C=O) groups excluding carboxylic acids is 2. The monoisotopic (exact) mass is 382 g/mol. The van der Waals surface area contributed by atoms with E-state index in [2.05, 4.69) is 9.47 Å². The lowest BCUT2D eigenvalue weighted by Crippen LogP contribution is -2.73. The van der Waals surface area contributed by atoms with Gasteiger partial charge in [-0.2, -0.15) is 13.2 Å². The third kappa shape index (κ3) is 5.07. The SMILES string of the molecule is CCOC(=O)[C@](NCCOC)(NC(=O)c1ccccc1Cl)C(F)(F)F. The molecule has 0 saturated heterocycles. The molecule has 0 aromatic heterocycles. The largest absolute Gasteiger partial charge is 0.463 e. The molecule has 0 aliphatic heterocycles. The number of methoxy groups -OCH3 is 1. The molecule has 1 rings (SSSR count). The molecule has 6 nitrogen and oxygen atoms in total. The number of carbonyl (C=O) groups is 2. The molecule has 140 valence electrons. The fraction of sp³-hybridized carbons (Fsp3) is 0.467. The number of rotatable bonds is 8. The van der Waals surface area contributed by atoms with Crippen molar-refractivity contribution in [3.8, 4) is 0 Å². The van der Waals surface area contributed by atoms with Crippen LogP contribution in [0.5, 0.6) is 0 Å². The molecule has 0 bridgehead atoms. The van der Waals surface area contributed by atoms with Crippen LogP contribution in [0.15, 0.2) is 24.3 Å². The second-order valence-electron chi connectivity index (χ2n) is 4.82. The maximum Gasteiger partial charge on any atom is 0.436 e. The highest BCUT2D eigenvalue weighted by atomic mass is 35.5. The summed E-state index contributed by atoms with van der Waals surface area (Å²) in [5, 5.41) is 3.60. The molecule has 0 aliphatic rings. The zero-order valence-electron chi connectivity index (χ0n) is 13.6. The summed E-state index contributed by atoms with van der Waals surface area (Å²) in [5.41, 5.74) is -3.65. The minimum absolute atomic E-state index is 0.0585. The van der Waals surface area contributed by atoms with E-state index in [-0.39, 0.29) is 30.3 Å². The number of hydrogen-bond acceptors (Lipinski definition) is 5. The van der Waals surface area contributed by atoms with Crippen molar-refractivity contribution >= 4 is 23.5 Å². The molecular formula is C15H18ClF3N2O4.